The summed E-state index contributed by atoms with van der Waals surface area (Å²) < 4.78 is 5.26. The quantitative estimate of drug-likeness (QED) is 0.887. The Labute approximate surface area is 153 Å². The summed E-state index contributed by atoms with van der Waals surface area (Å²) in [5.74, 6) is -0.0764. The molecule has 1 aliphatic heterocycles. The second-order valence-corrected chi connectivity index (χ2v) is 6.28. The first-order valence-corrected chi connectivity index (χ1v) is 8.69. The summed E-state index contributed by atoms with van der Waals surface area (Å²) >= 11 is 0. The zero-order valence-electron chi connectivity index (χ0n) is 14.8. The van der Waals surface area contributed by atoms with Gasteiger partial charge in [-0.15, -0.1) is 0 Å². The third-order valence-corrected chi connectivity index (χ3v) is 4.19. The van der Waals surface area contributed by atoms with Crippen molar-refractivity contribution in [3.05, 3.63) is 59.7 Å². The first-order valence-electron chi connectivity index (χ1n) is 8.69. The van der Waals surface area contributed by atoms with Gasteiger partial charge in [0.2, 0.25) is 5.91 Å². The minimum absolute atomic E-state index is 0.0764. The number of nitrogens with one attached hydrogen (secondary N) is 2. The van der Waals surface area contributed by atoms with E-state index in [0.29, 0.717) is 26.3 Å². The van der Waals surface area contributed by atoms with Crippen LogP contribution in [-0.2, 0) is 16.0 Å². The van der Waals surface area contributed by atoms with Crippen molar-refractivity contribution in [3.63, 3.8) is 0 Å². The van der Waals surface area contributed by atoms with E-state index >= 15 is 0 Å². The van der Waals surface area contributed by atoms with Crippen molar-refractivity contribution in [2.45, 2.75) is 13.3 Å². The molecule has 3 amide bonds. The molecule has 2 aromatic rings. The van der Waals surface area contributed by atoms with Gasteiger partial charge in [0.25, 0.3) is 0 Å². The number of anilines is 2. The normalized spacial score (nSPS) is 14.0. The molecule has 0 saturated carbocycles. The van der Waals surface area contributed by atoms with Gasteiger partial charge in [0.1, 0.15) is 0 Å². The Bertz CT molecular complexity index is 751. The number of rotatable bonds is 4. The number of hydrogen-bond acceptors (Lipinski definition) is 3. The Morgan fingerprint density at radius 2 is 1.38 bits per heavy atom. The van der Waals surface area contributed by atoms with Gasteiger partial charge in [-0.3, -0.25) is 4.79 Å². The lowest BCUT2D eigenvalue weighted by Gasteiger charge is -2.26. The smallest absolute Gasteiger partial charge is 0.321 e. The van der Waals surface area contributed by atoms with Crippen LogP contribution in [0.3, 0.4) is 0 Å². The molecule has 0 radical (unpaired) electrons. The number of hydrogen-bond donors (Lipinski definition) is 2. The van der Waals surface area contributed by atoms with Crippen LogP contribution in [0.4, 0.5) is 16.2 Å². The Balaban J connectivity index is 1.55. The molecule has 0 unspecified atom stereocenters. The van der Waals surface area contributed by atoms with Crippen LogP contribution in [-0.4, -0.2) is 43.1 Å². The van der Waals surface area contributed by atoms with Crippen LogP contribution >= 0.6 is 0 Å². The standard InChI is InChI=1S/C20H23N3O3/c1-15(24)21-18-6-2-16(3-7-18)14-17-4-8-19(9-5-17)22-20(25)23-10-12-26-13-11-23/h2-9H,10-14H2,1H3,(H,21,24)(H,22,25). The lowest BCUT2D eigenvalue weighted by Crippen LogP contribution is -2.43. The summed E-state index contributed by atoms with van der Waals surface area (Å²) in [5, 5.41) is 5.68. The Morgan fingerprint density at radius 3 is 1.88 bits per heavy atom. The van der Waals surface area contributed by atoms with Crippen LogP contribution in [0.15, 0.2) is 48.5 Å². The number of carbonyl (C=O) groups is 2. The number of benzene rings is 2. The molecule has 0 atom stereocenters. The molecule has 136 valence electrons. The van der Waals surface area contributed by atoms with E-state index in [9.17, 15) is 9.59 Å². The third-order valence-electron chi connectivity index (χ3n) is 4.19. The zero-order chi connectivity index (χ0) is 18.4. The van der Waals surface area contributed by atoms with E-state index in [1.165, 1.54) is 6.92 Å². The molecule has 6 nitrogen and oxygen atoms in total. The molecule has 1 aliphatic rings. The fourth-order valence-corrected chi connectivity index (χ4v) is 2.82. The number of morpholine rings is 1. The third kappa shape index (κ3) is 5.07. The predicted octanol–water partition coefficient (Wildman–Crippen LogP) is 3.10. The highest BCUT2D eigenvalue weighted by Gasteiger charge is 2.16. The monoisotopic (exact) mass is 353 g/mol. The second-order valence-electron chi connectivity index (χ2n) is 6.28. The predicted molar refractivity (Wildman–Crippen MR) is 101 cm³/mol. The van der Waals surface area contributed by atoms with Crippen LogP contribution in [0, 0.1) is 0 Å². The lowest BCUT2D eigenvalue weighted by atomic mass is 10.0. The highest BCUT2D eigenvalue weighted by molar-refractivity contribution is 5.89. The lowest BCUT2D eigenvalue weighted by molar-refractivity contribution is -0.114. The van der Waals surface area contributed by atoms with Crippen molar-refractivity contribution in [1.29, 1.82) is 0 Å². The number of urea groups is 1. The van der Waals surface area contributed by atoms with Crippen LogP contribution in [0.1, 0.15) is 18.1 Å². The van der Waals surface area contributed by atoms with Gasteiger partial charge in [0.15, 0.2) is 0 Å². The first-order chi connectivity index (χ1) is 12.6. The zero-order valence-corrected chi connectivity index (χ0v) is 14.8. The van der Waals surface area contributed by atoms with Gasteiger partial charge in [0, 0.05) is 31.4 Å². The molecule has 2 aromatic carbocycles. The second kappa shape index (κ2) is 8.49. The van der Waals surface area contributed by atoms with Gasteiger partial charge in [-0.25, -0.2) is 4.79 Å². The Hall–Kier alpha value is -2.86. The minimum Gasteiger partial charge on any atom is -0.378 e. The SMILES string of the molecule is CC(=O)Nc1ccc(Cc2ccc(NC(=O)N3CCOCC3)cc2)cc1. The largest absolute Gasteiger partial charge is 0.378 e. The molecule has 0 spiro atoms. The van der Waals surface area contributed by atoms with E-state index in [0.717, 1.165) is 28.9 Å². The van der Waals surface area contributed by atoms with Crippen LogP contribution < -0.4 is 10.6 Å². The molecule has 3 rings (SSSR count). The van der Waals surface area contributed by atoms with Gasteiger partial charge < -0.3 is 20.3 Å². The maximum atomic E-state index is 12.2. The maximum Gasteiger partial charge on any atom is 0.321 e. The summed E-state index contributed by atoms with van der Waals surface area (Å²) in [4.78, 5) is 25.0. The molecule has 0 aromatic heterocycles. The van der Waals surface area contributed by atoms with Gasteiger partial charge in [-0.05, 0) is 41.8 Å². The highest BCUT2D eigenvalue weighted by atomic mass is 16.5. The van der Waals surface area contributed by atoms with Crippen LogP contribution in [0.2, 0.25) is 0 Å². The van der Waals surface area contributed by atoms with E-state index in [2.05, 4.69) is 10.6 Å². The molecular weight excluding hydrogens is 330 g/mol. The van der Waals surface area contributed by atoms with Gasteiger partial charge >= 0.3 is 6.03 Å². The average Bonchev–Trinajstić information content (AvgIpc) is 2.65. The number of nitrogens with zero attached hydrogens (tertiary/aromatic N) is 1. The molecule has 1 saturated heterocycles. The number of carbonyl (C=O) groups excluding carboxylic acids is 2. The van der Waals surface area contributed by atoms with Crippen molar-refractivity contribution >= 4 is 23.3 Å². The first kappa shape index (κ1) is 17.9. The maximum absolute atomic E-state index is 12.2. The average molecular weight is 353 g/mol. The summed E-state index contributed by atoms with van der Waals surface area (Å²) in [5.41, 5.74) is 3.89. The number of ether oxygens (including phenoxy) is 1. The summed E-state index contributed by atoms with van der Waals surface area (Å²) in [6, 6.07) is 15.6. The molecular formula is C20H23N3O3. The van der Waals surface area contributed by atoms with Crippen LogP contribution in [0.25, 0.3) is 0 Å². The van der Waals surface area contributed by atoms with E-state index in [4.69, 9.17) is 4.74 Å². The molecule has 6 heteroatoms. The van der Waals surface area contributed by atoms with Crippen molar-refractivity contribution < 1.29 is 14.3 Å². The summed E-state index contributed by atoms with van der Waals surface area (Å²) in [6.07, 6.45) is 0.790. The van der Waals surface area contributed by atoms with Crippen molar-refractivity contribution in [1.82, 2.24) is 4.90 Å². The molecule has 0 aliphatic carbocycles. The van der Waals surface area contributed by atoms with Crippen molar-refractivity contribution in [3.8, 4) is 0 Å². The fraction of sp³-hybridized carbons (Fsp3) is 0.300. The molecule has 1 fully saturated rings. The van der Waals surface area contributed by atoms with E-state index < -0.39 is 0 Å². The fourth-order valence-electron chi connectivity index (χ4n) is 2.82. The Morgan fingerprint density at radius 1 is 0.885 bits per heavy atom. The Kier molecular flexibility index (Phi) is 5.86. The van der Waals surface area contributed by atoms with Crippen molar-refractivity contribution in [2.24, 2.45) is 0 Å². The van der Waals surface area contributed by atoms with Crippen LogP contribution in [0.5, 0.6) is 0 Å². The van der Waals surface area contributed by atoms with Gasteiger partial charge in [-0.1, -0.05) is 24.3 Å². The summed E-state index contributed by atoms with van der Waals surface area (Å²) in [6.45, 7) is 3.92. The van der Waals surface area contributed by atoms with E-state index in [1.807, 2.05) is 48.5 Å². The topological polar surface area (TPSA) is 70.7 Å². The van der Waals surface area contributed by atoms with Gasteiger partial charge in [0.05, 0.1) is 13.2 Å². The van der Waals surface area contributed by atoms with Crippen molar-refractivity contribution in [2.75, 3.05) is 36.9 Å². The molecule has 2 N–H and O–H groups in total. The molecule has 0 bridgehead atoms. The molecule has 1 heterocycles. The number of amides is 3. The van der Waals surface area contributed by atoms with Gasteiger partial charge in [-0.2, -0.15) is 0 Å². The van der Waals surface area contributed by atoms with E-state index in [-0.39, 0.29) is 11.9 Å². The highest BCUT2D eigenvalue weighted by Crippen LogP contribution is 2.16. The van der Waals surface area contributed by atoms with E-state index in [1.54, 1.807) is 4.90 Å². The summed E-state index contributed by atoms with van der Waals surface area (Å²) in [7, 11) is 0. The molecule has 26 heavy (non-hydrogen) atoms. The minimum atomic E-state index is -0.0883.